The molecule has 2 aromatic carbocycles. The Bertz CT molecular complexity index is 1560. The SMILES string of the molecule is COC(=O)Nc1ccc(-c2ncc(C3CCc4cc(-c5cc(Cl)ccc5NC(=O)O)cc(=O)n43)[nH]2)cc1. The Hall–Kier alpha value is -4.57. The lowest BCUT2D eigenvalue weighted by molar-refractivity contribution is 0.187. The number of rotatable bonds is 5. The number of benzene rings is 2. The van der Waals surface area contributed by atoms with Gasteiger partial charge in [-0.3, -0.25) is 15.4 Å². The summed E-state index contributed by atoms with van der Waals surface area (Å²) in [6, 6.07) is 15.1. The first-order valence-electron chi connectivity index (χ1n) is 11.4. The fourth-order valence-electron chi connectivity index (χ4n) is 4.56. The average molecular weight is 520 g/mol. The molecule has 1 aliphatic heterocycles. The molecule has 0 saturated heterocycles. The number of hydrogen-bond acceptors (Lipinski definition) is 5. The molecule has 37 heavy (non-hydrogen) atoms. The second-order valence-electron chi connectivity index (χ2n) is 8.50. The molecule has 0 fully saturated rings. The first-order valence-corrected chi connectivity index (χ1v) is 11.8. The molecular weight excluding hydrogens is 498 g/mol. The van der Waals surface area contributed by atoms with E-state index < -0.39 is 12.2 Å². The smallest absolute Gasteiger partial charge is 0.411 e. The van der Waals surface area contributed by atoms with Crippen LogP contribution in [0.1, 0.15) is 23.9 Å². The van der Waals surface area contributed by atoms with Crippen LogP contribution in [-0.2, 0) is 11.2 Å². The molecule has 11 heteroatoms. The largest absolute Gasteiger partial charge is 0.465 e. The fourth-order valence-corrected chi connectivity index (χ4v) is 4.73. The van der Waals surface area contributed by atoms with Gasteiger partial charge in [0.1, 0.15) is 5.82 Å². The first-order chi connectivity index (χ1) is 17.8. The number of methoxy groups -OCH3 is 1. The van der Waals surface area contributed by atoms with E-state index in [0.717, 1.165) is 17.0 Å². The standard InChI is InChI=1S/C26H22ClN5O5/c1-37-26(36)29-17-5-2-14(3-6-17)24-28-13-21(30-24)22-9-7-18-10-15(11-23(33)32(18)22)19-12-16(27)4-8-20(19)31-25(34)35/h2-6,8,10-13,22,31H,7,9H2,1H3,(H,28,30)(H,29,36)(H,34,35). The zero-order chi connectivity index (χ0) is 26.1. The summed E-state index contributed by atoms with van der Waals surface area (Å²) in [7, 11) is 1.30. The molecule has 1 aliphatic rings. The number of nitrogens with zero attached hydrogens (tertiary/aromatic N) is 2. The number of carbonyl (C=O) groups is 2. The molecule has 0 radical (unpaired) electrons. The van der Waals surface area contributed by atoms with E-state index >= 15 is 0 Å². The number of nitrogens with one attached hydrogen (secondary N) is 3. The van der Waals surface area contributed by atoms with Crippen molar-refractivity contribution in [2.24, 2.45) is 0 Å². The van der Waals surface area contributed by atoms with Crippen LogP contribution in [0.4, 0.5) is 21.0 Å². The second kappa shape index (κ2) is 9.82. The van der Waals surface area contributed by atoms with Gasteiger partial charge in [0.2, 0.25) is 0 Å². The van der Waals surface area contributed by atoms with Crippen LogP contribution in [0.5, 0.6) is 0 Å². The molecule has 5 rings (SSSR count). The van der Waals surface area contributed by atoms with Gasteiger partial charge in [-0.05, 0) is 66.9 Å². The van der Waals surface area contributed by atoms with Gasteiger partial charge in [0.05, 0.1) is 30.7 Å². The number of carboxylic acid groups (broad SMARTS) is 1. The highest BCUT2D eigenvalue weighted by molar-refractivity contribution is 6.31. The van der Waals surface area contributed by atoms with Crippen molar-refractivity contribution in [3.8, 4) is 22.5 Å². The molecule has 2 amide bonds. The Morgan fingerprint density at radius 2 is 1.89 bits per heavy atom. The topological polar surface area (TPSA) is 138 Å². The molecule has 188 valence electrons. The summed E-state index contributed by atoms with van der Waals surface area (Å²) in [6.45, 7) is 0. The number of halogens is 1. The van der Waals surface area contributed by atoms with Crippen molar-refractivity contribution in [1.82, 2.24) is 14.5 Å². The fraction of sp³-hybridized carbons (Fsp3) is 0.154. The van der Waals surface area contributed by atoms with E-state index in [2.05, 4.69) is 25.3 Å². The normalized spacial score (nSPS) is 14.2. The maximum Gasteiger partial charge on any atom is 0.411 e. The number of aromatic nitrogens is 3. The predicted molar refractivity (Wildman–Crippen MR) is 139 cm³/mol. The van der Waals surface area contributed by atoms with E-state index in [9.17, 15) is 19.5 Å². The number of hydrogen-bond donors (Lipinski definition) is 4. The Balaban J connectivity index is 1.43. The summed E-state index contributed by atoms with van der Waals surface area (Å²) in [5.41, 5.74) is 4.33. The minimum atomic E-state index is -1.20. The molecule has 0 saturated carbocycles. The van der Waals surface area contributed by atoms with Crippen LogP contribution in [0.3, 0.4) is 0 Å². The van der Waals surface area contributed by atoms with E-state index in [1.54, 1.807) is 41.1 Å². The van der Waals surface area contributed by atoms with Gasteiger partial charge in [-0.1, -0.05) is 11.6 Å². The minimum absolute atomic E-state index is 0.203. The van der Waals surface area contributed by atoms with Crippen molar-refractivity contribution in [3.05, 3.63) is 87.6 Å². The Morgan fingerprint density at radius 3 is 2.62 bits per heavy atom. The van der Waals surface area contributed by atoms with Crippen LogP contribution >= 0.6 is 11.6 Å². The van der Waals surface area contributed by atoms with E-state index in [-0.39, 0.29) is 11.6 Å². The number of amides is 2. The number of fused-ring (bicyclic) bond motifs is 1. The van der Waals surface area contributed by atoms with Crippen molar-refractivity contribution in [3.63, 3.8) is 0 Å². The number of carbonyl (C=O) groups excluding carboxylic acids is 1. The number of aryl methyl sites for hydroxylation is 1. The van der Waals surface area contributed by atoms with Crippen LogP contribution in [0.2, 0.25) is 5.02 Å². The quantitative estimate of drug-likeness (QED) is 0.280. The molecule has 2 aromatic heterocycles. The Morgan fingerprint density at radius 1 is 1.11 bits per heavy atom. The number of pyridine rings is 1. The maximum absolute atomic E-state index is 13.2. The summed E-state index contributed by atoms with van der Waals surface area (Å²) in [5.74, 6) is 0.640. The number of anilines is 2. The first kappa shape index (κ1) is 24.1. The molecule has 0 spiro atoms. The number of ether oxygens (including phenoxy) is 1. The summed E-state index contributed by atoms with van der Waals surface area (Å²) in [4.78, 5) is 43.7. The number of aromatic amines is 1. The van der Waals surface area contributed by atoms with Crippen LogP contribution in [0, 0.1) is 0 Å². The van der Waals surface area contributed by atoms with Gasteiger partial charge in [0.25, 0.3) is 5.56 Å². The third-order valence-corrected chi connectivity index (χ3v) is 6.45. The third-order valence-electron chi connectivity index (χ3n) is 6.21. The van der Waals surface area contributed by atoms with Crippen LogP contribution in [0.15, 0.2) is 65.6 Å². The summed E-state index contributed by atoms with van der Waals surface area (Å²) >= 11 is 6.16. The zero-order valence-electron chi connectivity index (χ0n) is 19.6. The van der Waals surface area contributed by atoms with E-state index in [1.165, 1.54) is 13.2 Å². The average Bonchev–Trinajstić information content (AvgIpc) is 3.53. The minimum Gasteiger partial charge on any atom is -0.465 e. The number of imidazole rings is 1. The molecule has 0 bridgehead atoms. The summed E-state index contributed by atoms with van der Waals surface area (Å²) in [6.07, 6.45) is 1.34. The van der Waals surface area contributed by atoms with Crippen LogP contribution in [0.25, 0.3) is 22.5 Å². The van der Waals surface area contributed by atoms with Crippen LogP contribution in [-0.4, -0.2) is 38.9 Å². The van der Waals surface area contributed by atoms with Crippen molar-refractivity contribution < 1.29 is 19.4 Å². The van der Waals surface area contributed by atoms with Gasteiger partial charge >= 0.3 is 12.2 Å². The van der Waals surface area contributed by atoms with Crippen molar-refractivity contribution in [2.75, 3.05) is 17.7 Å². The van der Waals surface area contributed by atoms with Gasteiger partial charge in [0.15, 0.2) is 0 Å². The predicted octanol–water partition coefficient (Wildman–Crippen LogP) is 5.36. The highest BCUT2D eigenvalue weighted by atomic mass is 35.5. The second-order valence-corrected chi connectivity index (χ2v) is 8.94. The van der Waals surface area contributed by atoms with Gasteiger partial charge in [-0.15, -0.1) is 0 Å². The molecule has 4 N–H and O–H groups in total. The van der Waals surface area contributed by atoms with Crippen LogP contribution < -0.4 is 16.2 Å². The molecule has 0 aliphatic carbocycles. The summed E-state index contributed by atoms with van der Waals surface area (Å²) in [5, 5.41) is 14.6. The van der Waals surface area contributed by atoms with E-state index in [4.69, 9.17) is 11.6 Å². The van der Waals surface area contributed by atoms with Gasteiger partial charge in [0, 0.05) is 33.6 Å². The molecule has 1 unspecified atom stereocenters. The third kappa shape index (κ3) is 4.91. The van der Waals surface area contributed by atoms with Gasteiger partial charge in [-0.25, -0.2) is 14.6 Å². The van der Waals surface area contributed by atoms with Crippen molar-refractivity contribution in [2.45, 2.75) is 18.9 Å². The zero-order valence-corrected chi connectivity index (χ0v) is 20.4. The maximum atomic E-state index is 13.2. The summed E-state index contributed by atoms with van der Waals surface area (Å²) < 4.78 is 6.33. The lowest BCUT2D eigenvalue weighted by Gasteiger charge is -2.15. The Labute approximate surface area is 215 Å². The van der Waals surface area contributed by atoms with E-state index in [0.29, 0.717) is 46.2 Å². The molecule has 10 nitrogen and oxygen atoms in total. The van der Waals surface area contributed by atoms with Gasteiger partial charge in [-0.2, -0.15) is 0 Å². The number of H-pyrrole nitrogens is 1. The lowest BCUT2D eigenvalue weighted by Crippen LogP contribution is -2.23. The molecule has 3 heterocycles. The van der Waals surface area contributed by atoms with E-state index in [1.807, 2.05) is 18.2 Å². The van der Waals surface area contributed by atoms with Crippen molar-refractivity contribution >= 4 is 35.2 Å². The molecule has 4 aromatic rings. The van der Waals surface area contributed by atoms with Gasteiger partial charge < -0.3 is 19.4 Å². The lowest BCUT2D eigenvalue weighted by atomic mass is 10.0. The highest BCUT2D eigenvalue weighted by Crippen LogP contribution is 2.35. The molecule has 1 atom stereocenters. The Kier molecular flexibility index (Phi) is 6.41. The highest BCUT2D eigenvalue weighted by Gasteiger charge is 2.27. The monoisotopic (exact) mass is 519 g/mol. The molecular formula is C26H22ClN5O5. The van der Waals surface area contributed by atoms with Crippen molar-refractivity contribution in [1.29, 1.82) is 0 Å².